The summed E-state index contributed by atoms with van der Waals surface area (Å²) in [6.07, 6.45) is 1.57. The SMILES string of the molecule is CC(CCNC(CC#N)c1ccccc1)c1ccccc1. The van der Waals surface area contributed by atoms with Gasteiger partial charge >= 0.3 is 0 Å². The third-order valence-corrected chi connectivity index (χ3v) is 3.83. The number of nitrogens with zero attached hydrogens (tertiary/aromatic N) is 1. The number of rotatable bonds is 7. The summed E-state index contributed by atoms with van der Waals surface area (Å²) in [7, 11) is 0. The topological polar surface area (TPSA) is 35.8 Å². The lowest BCUT2D eigenvalue weighted by atomic mass is 9.97. The van der Waals surface area contributed by atoms with Crippen LogP contribution in [0.4, 0.5) is 0 Å². The highest BCUT2D eigenvalue weighted by Gasteiger charge is 2.11. The van der Waals surface area contributed by atoms with Crippen molar-refractivity contribution in [3.63, 3.8) is 0 Å². The molecule has 0 radical (unpaired) electrons. The summed E-state index contributed by atoms with van der Waals surface area (Å²) in [6, 6.07) is 23.2. The summed E-state index contributed by atoms with van der Waals surface area (Å²) in [5.74, 6) is 0.525. The van der Waals surface area contributed by atoms with Gasteiger partial charge in [0.2, 0.25) is 0 Å². The molecule has 2 heteroatoms. The van der Waals surface area contributed by atoms with Gasteiger partial charge in [-0.25, -0.2) is 0 Å². The molecule has 0 saturated heterocycles. The van der Waals surface area contributed by atoms with Gasteiger partial charge in [-0.3, -0.25) is 0 Å². The number of benzene rings is 2. The van der Waals surface area contributed by atoms with Gasteiger partial charge in [-0.15, -0.1) is 0 Å². The van der Waals surface area contributed by atoms with E-state index in [2.05, 4.69) is 54.7 Å². The molecule has 0 aliphatic rings. The maximum Gasteiger partial charge on any atom is 0.0641 e. The van der Waals surface area contributed by atoms with Gasteiger partial charge in [-0.05, 0) is 30.0 Å². The summed E-state index contributed by atoms with van der Waals surface area (Å²) in [6.45, 7) is 3.16. The standard InChI is InChI=1S/C19H22N2/c1-16(17-8-4-2-5-9-17)13-15-21-19(12-14-20)18-10-6-3-7-11-18/h2-11,16,19,21H,12-13,15H2,1H3. The van der Waals surface area contributed by atoms with Crippen LogP contribution in [0.15, 0.2) is 60.7 Å². The smallest absolute Gasteiger partial charge is 0.0641 e. The van der Waals surface area contributed by atoms with E-state index in [-0.39, 0.29) is 6.04 Å². The van der Waals surface area contributed by atoms with Crippen LogP contribution >= 0.6 is 0 Å². The zero-order valence-corrected chi connectivity index (χ0v) is 12.5. The third kappa shape index (κ3) is 4.73. The first-order valence-electron chi connectivity index (χ1n) is 7.51. The van der Waals surface area contributed by atoms with Crippen molar-refractivity contribution in [2.45, 2.75) is 31.7 Å². The molecule has 1 N–H and O–H groups in total. The Labute approximate surface area is 127 Å². The minimum atomic E-state index is 0.124. The molecular formula is C19H22N2. The van der Waals surface area contributed by atoms with Crippen LogP contribution in [0.2, 0.25) is 0 Å². The van der Waals surface area contributed by atoms with Crippen molar-refractivity contribution in [2.75, 3.05) is 6.54 Å². The molecule has 0 fully saturated rings. The maximum atomic E-state index is 8.99. The van der Waals surface area contributed by atoms with Crippen molar-refractivity contribution >= 4 is 0 Å². The number of hydrogen-bond acceptors (Lipinski definition) is 2. The molecule has 2 atom stereocenters. The quantitative estimate of drug-likeness (QED) is 0.813. The van der Waals surface area contributed by atoms with Gasteiger partial charge in [-0.2, -0.15) is 5.26 Å². The lowest BCUT2D eigenvalue weighted by Crippen LogP contribution is -2.23. The molecule has 108 valence electrons. The number of hydrogen-bond donors (Lipinski definition) is 1. The first-order valence-corrected chi connectivity index (χ1v) is 7.51. The molecule has 2 aromatic carbocycles. The van der Waals surface area contributed by atoms with Crippen LogP contribution in [-0.2, 0) is 0 Å². The molecule has 0 aliphatic heterocycles. The van der Waals surface area contributed by atoms with E-state index in [4.69, 9.17) is 5.26 Å². The summed E-state index contributed by atoms with van der Waals surface area (Å²) in [5.41, 5.74) is 2.56. The van der Waals surface area contributed by atoms with E-state index < -0.39 is 0 Å². The molecule has 2 rings (SSSR count). The van der Waals surface area contributed by atoms with Crippen molar-refractivity contribution in [1.82, 2.24) is 5.32 Å². The average Bonchev–Trinajstić information content (AvgIpc) is 2.55. The summed E-state index contributed by atoms with van der Waals surface area (Å²) < 4.78 is 0. The van der Waals surface area contributed by atoms with Crippen LogP contribution in [-0.4, -0.2) is 6.54 Å². The van der Waals surface area contributed by atoms with Gasteiger partial charge in [0.05, 0.1) is 12.5 Å². The van der Waals surface area contributed by atoms with Gasteiger partial charge < -0.3 is 5.32 Å². The maximum absolute atomic E-state index is 8.99. The van der Waals surface area contributed by atoms with E-state index in [0.717, 1.165) is 13.0 Å². The van der Waals surface area contributed by atoms with Crippen molar-refractivity contribution in [2.24, 2.45) is 0 Å². The Hall–Kier alpha value is -2.11. The third-order valence-electron chi connectivity index (χ3n) is 3.83. The fourth-order valence-electron chi connectivity index (χ4n) is 2.51. The fourth-order valence-corrected chi connectivity index (χ4v) is 2.51. The number of nitriles is 1. The minimum absolute atomic E-state index is 0.124. The van der Waals surface area contributed by atoms with Crippen molar-refractivity contribution in [1.29, 1.82) is 5.26 Å². The monoisotopic (exact) mass is 278 g/mol. The molecule has 0 heterocycles. The largest absolute Gasteiger partial charge is 0.309 e. The molecule has 0 aromatic heterocycles. The molecule has 0 saturated carbocycles. The molecule has 2 aromatic rings. The normalized spacial score (nSPS) is 13.3. The van der Waals surface area contributed by atoms with E-state index in [1.165, 1.54) is 11.1 Å². The van der Waals surface area contributed by atoms with E-state index in [1.54, 1.807) is 0 Å². The van der Waals surface area contributed by atoms with E-state index in [9.17, 15) is 0 Å². The second-order valence-electron chi connectivity index (χ2n) is 5.38. The van der Waals surface area contributed by atoms with Crippen LogP contribution < -0.4 is 5.32 Å². The molecule has 0 aliphatic carbocycles. The average molecular weight is 278 g/mol. The minimum Gasteiger partial charge on any atom is -0.309 e. The van der Waals surface area contributed by atoms with Crippen LogP contribution in [0.1, 0.15) is 42.9 Å². The Kier molecular flexibility index (Phi) is 5.99. The Balaban J connectivity index is 1.87. The zero-order chi connectivity index (χ0) is 14.9. The summed E-state index contributed by atoms with van der Waals surface area (Å²) in [5, 5.41) is 12.5. The molecule has 2 unspecified atom stereocenters. The Morgan fingerprint density at radius 1 is 0.952 bits per heavy atom. The van der Waals surface area contributed by atoms with Gasteiger partial charge in [-0.1, -0.05) is 67.6 Å². The van der Waals surface area contributed by atoms with E-state index in [1.807, 2.05) is 24.3 Å². The zero-order valence-electron chi connectivity index (χ0n) is 12.5. The molecule has 21 heavy (non-hydrogen) atoms. The molecule has 0 spiro atoms. The van der Waals surface area contributed by atoms with Crippen LogP contribution in [0, 0.1) is 11.3 Å². The lowest BCUT2D eigenvalue weighted by molar-refractivity contribution is 0.510. The van der Waals surface area contributed by atoms with Crippen molar-refractivity contribution in [3.8, 4) is 6.07 Å². The second-order valence-corrected chi connectivity index (χ2v) is 5.38. The van der Waals surface area contributed by atoms with Gasteiger partial charge in [0.25, 0.3) is 0 Å². The van der Waals surface area contributed by atoms with Gasteiger partial charge in [0, 0.05) is 6.04 Å². The first-order chi connectivity index (χ1) is 10.3. The second kappa shape index (κ2) is 8.24. The van der Waals surface area contributed by atoms with Crippen molar-refractivity contribution in [3.05, 3.63) is 71.8 Å². The Morgan fingerprint density at radius 3 is 2.10 bits per heavy atom. The molecule has 2 nitrogen and oxygen atoms in total. The predicted octanol–water partition coefficient (Wildman–Crippen LogP) is 4.42. The predicted molar refractivity (Wildman–Crippen MR) is 86.9 cm³/mol. The highest BCUT2D eigenvalue weighted by Crippen LogP contribution is 2.20. The van der Waals surface area contributed by atoms with Gasteiger partial charge in [0.1, 0.15) is 0 Å². The number of nitrogens with one attached hydrogen (secondary N) is 1. The van der Waals surface area contributed by atoms with E-state index >= 15 is 0 Å². The molecule has 0 amide bonds. The molecule has 0 bridgehead atoms. The van der Waals surface area contributed by atoms with Crippen LogP contribution in [0.3, 0.4) is 0 Å². The highest BCUT2D eigenvalue weighted by atomic mass is 14.9. The first kappa shape index (κ1) is 15.3. The van der Waals surface area contributed by atoms with E-state index in [0.29, 0.717) is 12.3 Å². The van der Waals surface area contributed by atoms with Gasteiger partial charge in [0.15, 0.2) is 0 Å². The van der Waals surface area contributed by atoms with Crippen molar-refractivity contribution < 1.29 is 0 Å². The van der Waals surface area contributed by atoms with Crippen LogP contribution in [0.25, 0.3) is 0 Å². The Bertz CT molecular complexity index is 557. The summed E-state index contributed by atoms with van der Waals surface area (Å²) >= 11 is 0. The molecular weight excluding hydrogens is 256 g/mol. The van der Waals surface area contributed by atoms with Crippen LogP contribution in [0.5, 0.6) is 0 Å². The summed E-state index contributed by atoms with van der Waals surface area (Å²) in [4.78, 5) is 0. The highest BCUT2D eigenvalue weighted by molar-refractivity contribution is 5.20. The fraction of sp³-hybridized carbons (Fsp3) is 0.316. The lowest BCUT2D eigenvalue weighted by Gasteiger charge is -2.18. The Morgan fingerprint density at radius 2 is 1.52 bits per heavy atom.